The zero-order chi connectivity index (χ0) is 19.8. The molecule has 3 rings (SSSR count). The maximum absolute atomic E-state index is 5.79. The zero-order valence-electron chi connectivity index (χ0n) is 16.3. The quantitative estimate of drug-likeness (QED) is 0.512. The Hall–Kier alpha value is -2.37. The summed E-state index contributed by atoms with van der Waals surface area (Å²) in [7, 11) is 1.68. The molecule has 5 heteroatoms. The van der Waals surface area contributed by atoms with Crippen LogP contribution in [-0.4, -0.2) is 23.2 Å². The number of nitrogens with one attached hydrogen (secondary N) is 1. The van der Waals surface area contributed by atoms with Crippen LogP contribution < -0.4 is 10.1 Å². The molecule has 146 valence electrons. The first kappa shape index (κ1) is 20.4. The van der Waals surface area contributed by atoms with E-state index in [1.807, 2.05) is 18.2 Å². The van der Waals surface area contributed by atoms with E-state index in [1.165, 1.54) is 16.0 Å². The van der Waals surface area contributed by atoms with Crippen LogP contribution >= 0.6 is 23.6 Å². The summed E-state index contributed by atoms with van der Waals surface area (Å²) in [6.45, 7) is 3.73. The second kappa shape index (κ2) is 10.2. The van der Waals surface area contributed by atoms with E-state index in [0.717, 1.165) is 23.8 Å². The van der Waals surface area contributed by atoms with Crippen molar-refractivity contribution in [1.82, 2.24) is 10.2 Å². The summed E-state index contributed by atoms with van der Waals surface area (Å²) in [5.74, 6) is 0.863. The average Bonchev–Trinajstić information content (AvgIpc) is 3.24. The number of ether oxygens (including phenoxy) is 1. The molecule has 1 atom stereocenters. The van der Waals surface area contributed by atoms with Crippen LogP contribution in [0.5, 0.6) is 5.75 Å². The van der Waals surface area contributed by atoms with E-state index < -0.39 is 0 Å². The van der Waals surface area contributed by atoms with E-state index in [4.69, 9.17) is 17.0 Å². The second-order valence-corrected chi connectivity index (χ2v) is 8.17. The molecule has 0 aliphatic heterocycles. The van der Waals surface area contributed by atoms with E-state index >= 15 is 0 Å². The Labute approximate surface area is 177 Å². The number of nitrogens with zero attached hydrogens (tertiary/aromatic N) is 1. The SMILES string of the molecule is COc1ccc(CNC(=S)N(Cc2ccccc2)[C@@H](C)Cc2cccs2)cc1. The Morgan fingerprint density at radius 2 is 1.79 bits per heavy atom. The van der Waals surface area contributed by atoms with Gasteiger partial charge in [-0.1, -0.05) is 48.5 Å². The minimum Gasteiger partial charge on any atom is -0.497 e. The van der Waals surface area contributed by atoms with Gasteiger partial charge in [0.05, 0.1) is 7.11 Å². The monoisotopic (exact) mass is 410 g/mol. The molecule has 0 saturated carbocycles. The summed E-state index contributed by atoms with van der Waals surface area (Å²) >= 11 is 7.59. The van der Waals surface area contributed by atoms with E-state index in [1.54, 1.807) is 18.4 Å². The number of benzene rings is 2. The van der Waals surface area contributed by atoms with Crippen LogP contribution in [0.4, 0.5) is 0 Å². The minimum atomic E-state index is 0.301. The second-order valence-electron chi connectivity index (χ2n) is 6.75. The fourth-order valence-corrected chi connectivity index (χ4v) is 4.20. The van der Waals surface area contributed by atoms with Crippen molar-refractivity contribution in [2.24, 2.45) is 0 Å². The molecule has 0 aliphatic rings. The van der Waals surface area contributed by atoms with Crippen LogP contribution in [0, 0.1) is 0 Å². The minimum absolute atomic E-state index is 0.301. The van der Waals surface area contributed by atoms with Gasteiger partial charge < -0.3 is 15.0 Å². The van der Waals surface area contributed by atoms with Gasteiger partial charge in [0.1, 0.15) is 5.75 Å². The van der Waals surface area contributed by atoms with E-state index in [2.05, 4.69) is 71.1 Å². The lowest BCUT2D eigenvalue weighted by atomic mass is 10.1. The lowest BCUT2D eigenvalue weighted by molar-refractivity contribution is 0.317. The largest absolute Gasteiger partial charge is 0.497 e. The van der Waals surface area contributed by atoms with Crippen molar-refractivity contribution in [3.8, 4) is 5.75 Å². The van der Waals surface area contributed by atoms with Crippen LogP contribution in [0.1, 0.15) is 22.9 Å². The van der Waals surface area contributed by atoms with Crippen molar-refractivity contribution in [1.29, 1.82) is 0 Å². The Morgan fingerprint density at radius 1 is 1.04 bits per heavy atom. The topological polar surface area (TPSA) is 24.5 Å². The van der Waals surface area contributed by atoms with E-state index in [0.29, 0.717) is 12.6 Å². The Morgan fingerprint density at radius 3 is 2.43 bits per heavy atom. The van der Waals surface area contributed by atoms with Crippen LogP contribution in [0.2, 0.25) is 0 Å². The number of hydrogen-bond donors (Lipinski definition) is 1. The number of thiocarbonyl (C=S) groups is 1. The molecule has 2 aromatic carbocycles. The normalized spacial score (nSPS) is 11.6. The van der Waals surface area contributed by atoms with Crippen LogP contribution in [0.25, 0.3) is 0 Å². The third-order valence-electron chi connectivity index (χ3n) is 4.67. The van der Waals surface area contributed by atoms with Gasteiger partial charge in [0.15, 0.2) is 5.11 Å². The smallest absolute Gasteiger partial charge is 0.169 e. The Balaban J connectivity index is 1.67. The molecule has 0 radical (unpaired) electrons. The van der Waals surface area contributed by atoms with Gasteiger partial charge in [-0.25, -0.2) is 0 Å². The number of methoxy groups -OCH3 is 1. The molecule has 1 N–H and O–H groups in total. The molecule has 28 heavy (non-hydrogen) atoms. The fraction of sp³-hybridized carbons (Fsp3) is 0.261. The molecule has 0 bridgehead atoms. The highest BCUT2D eigenvalue weighted by atomic mass is 32.1. The molecule has 3 nitrogen and oxygen atoms in total. The van der Waals surface area contributed by atoms with Gasteiger partial charge in [0.25, 0.3) is 0 Å². The molecule has 3 aromatic rings. The first-order valence-electron chi connectivity index (χ1n) is 9.39. The predicted octanol–water partition coefficient (Wildman–Crippen LogP) is 5.26. The molecular weight excluding hydrogens is 384 g/mol. The lowest BCUT2D eigenvalue weighted by Crippen LogP contribution is -2.44. The van der Waals surface area contributed by atoms with Crippen LogP contribution in [-0.2, 0) is 19.5 Å². The lowest BCUT2D eigenvalue weighted by Gasteiger charge is -2.32. The standard InChI is InChI=1S/C23H26N2OS2/c1-18(15-22-9-6-14-28-22)25(17-20-7-4-3-5-8-20)23(27)24-16-19-10-12-21(26-2)13-11-19/h3-14,18H,15-17H2,1-2H3,(H,24,27)/t18-/m0/s1. The number of hydrogen-bond acceptors (Lipinski definition) is 3. The van der Waals surface area contributed by atoms with Gasteiger partial charge in [-0.2, -0.15) is 0 Å². The molecule has 0 spiro atoms. The van der Waals surface area contributed by atoms with E-state index in [9.17, 15) is 0 Å². The van der Waals surface area contributed by atoms with Gasteiger partial charge in [0.2, 0.25) is 0 Å². The summed E-state index contributed by atoms with van der Waals surface area (Å²) in [6.07, 6.45) is 0.981. The van der Waals surface area contributed by atoms with Crippen molar-refractivity contribution in [3.05, 3.63) is 88.1 Å². The summed E-state index contributed by atoms with van der Waals surface area (Å²) in [4.78, 5) is 3.66. The Kier molecular flexibility index (Phi) is 7.46. The molecule has 1 heterocycles. The maximum Gasteiger partial charge on any atom is 0.169 e. The maximum atomic E-state index is 5.79. The fourth-order valence-electron chi connectivity index (χ4n) is 3.06. The highest BCUT2D eigenvalue weighted by Crippen LogP contribution is 2.17. The van der Waals surface area contributed by atoms with Gasteiger partial charge in [-0.15, -0.1) is 11.3 Å². The van der Waals surface area contributed by atoms with Crippen LogP contribution in [0.15, 0.2) is 72.1 Å². The predicted molar refractivity (Wildman–Crippen MR) is 122 cm³/mol. The van der Waals surface area contributed by atoms with Gasteiger partial charge in [-0.3, -0.25) is 0 Å². The average molecular weight is 411 g/mol. The number of thiophene rings is 1. The summed E-state index contributed by atoms with van der Waals surface area (Å²) in [5, 5.41) is 6.35. The third-order valence-corrected chi connectivity index (χ3v) is 5.95. The van der Waals surface area contributed by atoms with Gasteiger partial charge >= 0.3 is 0 Å². The summed E-state index contributed by atoms with van der Waals surface area (Å²) in [5.41, 5.74) is 2.43. The molecule has 0 saturated heterocycles. The highest BCUT2D eigenvalue weighted by molar-refractivity contribution is 7.80. The molecule has 0 unspecified atom stereocenters. The Bertz CT molecular complexity index is 848. The molecular formula is C23H26N2OS2. The van der Waals surface area contributed by atoms with Crippen LogP contribution in [0.3, 0.4) is 0 Å². The van der Waals surface area contributed by atoms with Crippen molar-refractivity contribution in [2.45, 2.75) is 32.5 Å². The molecule has 0 fully saturated rings. The van der Waals surface area contributed by atoms with Crippen molar-refractivity contribution < 1.29 is 4.74 Å². The summed E-state index contributed by atoms with van der Waals surface area (Å²) in [6, 6.07) is 23.2. The van der Waals surface area contributed by atoms with E-state index in [-0.39, 0.29) is 0 Å². The molecule has 0 aliphatic carbocycles. The van der Waals surface area contributed by atoms with Crippen molar-refractivity contribution in [3.63, 3.8) is 0 Å². The zero-order valence-corrected chi connectivity index (χ0v) is 17.9. The first-order chi connectivity index (χ1) is 13.7. The first-order valence-corrected chi connectivity index (χ1v) is 10.7. The molecule has 1 aromatic heterocycles. The van der Waals surface area contributed by atoms with Gasteiger partial charge in [-0.05, 0) is 53.8 Å². The van der Waals surface area contributed by atoms with Gasteiger partial charge in [0, 0.05) is 30.4 Å². The third kappa shape index (κ3) is 5.81. The summed E-state index contributed by atoms with van der Waals surface area (Å²) < 4.78 is 5.23. The number of rotatable bonds is 8. The van der Waals surface area contributed by atoms with Crippen molar-refractivity contribution in [2.75, 3.05) is 7.11 Å². The highest BCUT2D eigenvalue weighted by Gasteiger charge is 2.18. The van der Waals surface area contributed by atoms with Crippen molar-refractivity contribution >= 4 is 28.7 Å². The molecule has 0 amide bonds.